The fourth-order valence-electron chi connectivity index (χ4n) is 1.59. The molecule has 0 aromatic heterocycles. The Hall–Kier alpha value is -0.750. The zero-order valence-electron chi connectivity index (χ0n) is 9.52. The third kappa shape index (κ3) is 4.02. The van der Waals surface area contributed by atoms with Crippen LogP contribution in [0.25, 0.3) is 0 Å². The number of rotatable bonds is 4. The summed E-state index contributed by atoms with van der Waals surface area (Å²) >= 11 is 1.44. The third-order valence-corrected chi connectivity index (χ3v) is 3.46. The highest BCUT2D eigenvalue weighted by Gasteiger charge is 2.21. The SMILES string of the molecule is CC(=O)N1CCN(C(=O)CSCCO)CC1. The number of hydrogen-bond donors (Lipinski definition) is 1. The van der Waals surface area contributed by atoms with Gasteiger partial charge in [0.15, 0.2) is 0 Å². The second-order valence-electron chi connectivity index (χ2n) is 3.66. The summed E-state index contributed by atoms with van der Waals surface area (Å²) in [7, 11) is 0. The molecule has 1 saturated heterocycles. The van der Waals surface area contributed by atoms with E-state index >= 15 is 0 Å². The molecule has 1 fully saturated rings. The Kier molecular flexibility index (Phi) is 5.62. The number of aliphatic hydroxyl groups excluding tert-OH is 1. The quantitative estimate of drug-likeness (QED) is 0.673. The molecule has 1 aliphatic rings. The van der Waals surface area contributed by atoms with E-state index in [1.165, 1.54) is 11.8 Å². The van der Waals surface area contributed by atoms with E-state index in [1.807, 2.05) is 0 Å². The van der Waals surface area contributed by atoms with Crippen LogP contribution in [-0.2, 0) is 9.59 Å². The average Bonchev–Trinajstić information content (AvgIpc) is 2.29. The predicted molar refractivity (Wildman–Crippen MR) is 63.2 cm³/mol. The van der Waals surface area contributed by atoms with E-state index in [4.69, 9.17) is 5.11 Å². The van der Waals surface area contributed by atoms with Gasteiger partial charge in [-0.25, -0.2) is 0 Å². The standard InChI is InChI=1S/C10H18N2O3S/c1-9(14)11-2-4-12(5-3-11)10(15)8-16-7-6-13/h13H,2-8H2,1H3. The maximum absolute atomic E-state index is 11.7. The maximum Gasteiger partial charge on any atom is 0.232 e. The van der Waals surface area contributed by atoms with Gasteiger partial charge in [-0.1, -0.05) is 0 Å². The fraction of sp³-hybridized carbons (Fsp3) is 0.800. The molecule has 0 aromatic rings. The van der Waals surface area contributed by atoms with Gasteiger partial charge in [-0.3, -0.25) is 9.59 Å². The first kappa shape index (κ1) is 13.3. The molecule has 92 valence electrons. The first-order chi connectivity index (χ1) is 7.65. The lowest BCUT2D eigenvalue weighted by Crippen LogP contribution is -2.50. The maximum atomic E-state index is 11.7. The van der Waals surface area contributed by atoms with E-state index in [0.717, 1.165) is 0 Å². The van der Waals surface area contributed by atoms with Crippen LogP contribution in [0.5, 0.6) is 0 Å². The number of amides is 2. The average molecular weight is 246 g/mol. The summed E-state index contributed by atoms with van der Waals surface area (Å²) in [5.74, 6) is 1.18. The van der Waals surface area contributed by atoms with Crippen molar-refractivity contribution in [1.29, 1.82) is 0 Å². The number of aliphatic hydroxyl groups is 1. The molecular formula is C10H18N2O3S. The summed E-state index contributed by atoms with van der Waals surface area (Å²) in [6, 6.07) is 0. The molecule has 0 atom stereocenters. The van der Waals surface area contributed by atoms with Crippen molar-refractivity contribution in [3.63, 3.8) is 0 Å². The minimum atomic E-state index is 0.0711. The molecule has 2 amide bonds. The second kappa shape index (κ2) is 6.75. The number of hydrogen-bond acceptors (Lipinski definition) is 4. The van der Waals surface area contributed by atoms with Gasteiger partial charge in [-0.15, -0.1) is 11.8 Å². The highest BCUT2D eigenvalue weighted by Crippen LogP contribution is 2.06. The van der Waals surface area contributed by atoms with E-state index in [-0.39, 0.29) is 18.4 Å². The van der Waals surface area contributed by atoms with Gasteiger partial charge in [0.05, 0.1) is 12.4 Å². The summed E-state index contributed by atoms with van der Waals surface area (Å²) in [5.41, 5.74) is 0. The zero-order chi connectivity index (χ0) is 12.0. The Labute approximate surface area is 99.8 Å². The minimum Gasteiger partial charge on any atom is -0.396 e. The zero-order valence-corrected chi connectivity index (χ0v) is 10.3. The molecule has 5 nitrogen and oxygen atoms in total. The summed E-state index contributed by atoms with van der Waals surface area (Å²) < 4.78 is 0. The van der Waals surface area contributed by atoms with Crippen molar-refractivity contribution >= 4 is 23.6 Å². The molecular weight excluding hydrogens is 228 g/mol. The van der Waals surface area contributed by atoms with Gasteiger partial charge in [0.1, 0.15) is 0 Å². The van der Waals surface area contributed by atoms with Gasteiger partial charge in [-0.2, -0.15) is 0 Å². The Balaban J connectivity index is 2.25. The van der Waals surface area contributed by atoms with Crippen molar-refractivity contribution in [1.82, 2.24) is 9.80 Å². The van der Waals surface area contributed by atoms with Crippen LogP contribution in [0.2, 0.25) is 0 Å². The molecule has 16 heavy (non-hydrogen) atoms. The molecule has 0 radical (unpaired) electrons. The van der Waals surface area contributed by atoms with Gasteiger partial charge >= 0.3 is 0 Å². The Morgan fingerprint density at radius 3 is 2.25 bits per heavy atom. The van der Waals surface area contributed by atoms with Crippen LogP contribution >= 0.6 is 11.8 Å². The van der Waals surface area contributed by atoms with Crippen LogP contribution in [0.3, 0.4) is 0 Å². The molecule has 6 heteroatoms. The lowest BCUT2D eigenvalue weighted by Gasteiger charge is -2.34. The fourth-order valence-corrected chi connectivity index (χ4v) is 2.22. The molecule has 0 unspecified atom stereocenters. The van der Waals surface area contributed by atoms with Crippen molar-refractivity contribution in [2.24, 2.45) is 0 Å². The molecule has 1 rings (SSSR count). The highest BCUT2D eigenvalue weighted by atomic mass is 32.2. The molecule has 1 N–H and O–H groups in total. The van der Waals surface area contributed by atoms with Gasteiger partial charge < -0.3 is 14.9 Å². The molecule has 1 heterocycles. The lowest BCUT2D eigenvalue weighted by molar-refractivity contribution is -0.136. The normalized spacial score (nSPS) is 16.4. The lowest BCUT2D eigenvalue weighted by atomic mass is 10.3. The summed E-state index contributed by atoms with van der Waals surface area (Å²) in [5, 5.41) is 8.60. The van der Waals surface area contributed by atoms with Crippen LogP contribution < -0.4 is 0 Å². The number of carbonyl (C=O) groups is 2. The largest absolute Gasteiger partial charge is 0.396 e. The van der Waals surface area contributed by atoms with Crippen molar-refractivity contribution in [2.45, 2.75) is 6.92 Å². The third-order valence-electron chi connectivity index (χ3n) is 2.54. The molecule has 0 spiro atoms. The van der Waals surface area contributed by atoms with E-state index in [1.54, 1.807) is 16.7 Å². The predicted octanol–water partition coefficient (Wildman–Crippen LogP) is -0.597. The molecule has 0 aliphatic carbocycles. The molecule has 0 saturated carbocycles. The van der Waals surface area contributed by atoms with Crippen molar-refractivity contribution in [3.05, 3.63) is 0 Å². The summed E-state index contributed by atoms with van der Waals surface area (Å²) in [6.45, 7) is 4.16. The van der Waals surface area contributed by atoms with Gasteiger partial charge in [-0.05, 0) is 0 Å². The van der Waals surface area contributed by atoms with E-state index in [9.17, 15) is 9.59 Å². The first-order valence-corrected chi connectivity index (χ1v) is 6.52. The Bertz CT molecular complexity index is 252. The minimum absolute atomic E-state index is 0.0711. The van der Waals surface area contributed by atoms with Crippen molar-refractivity contribution < 1.29 is 14.7 Å². The van der Waals surface area contributed by atoms with Crippen LogP contribution in [0, 0.1) is 0 Å². The van der Waals surface area contributed by atoms with Gasteiger partial charge in [0.2, 0.25) is 11.8 Å². The van der Waals surface area contributed by atoms with Crippen LogP contribution in [0.4, 0.5) is 0 Å². The summed E-state index contributed by atoms with van der Waals surface area (Å²) in [6.07, 6.45) is 0. The van der Waals surface area contributed by atoms with E-state index < -0.39 is 0 Å². The first-order valence-electron chi connectivity index (χ1n) is 5.37. The Morgan fingerprint density at radius 2 is 1.75 bits per heavy atom. The highest BCUT2D eigenvalue weighted by molar-refractivity contribution is 7.99. The van der Waals surface area contributed by atoms with Gasteiger partial charge in [0, 0.05) is 38.9 Å². The van der Waals surface area contributed by atoms with E-state index in [0.29, 0.717) is 37.7 Å². The molecule has 0 bridgehead atoms. The Morgan fingerprint density at radius 1 is 1.19 bits per heavy atom. The van der Waals surface area contributed by atoms with Gasteiger partial charge in [0.25, 0.3) is 0 Å². The second-order valence-corrected chi connectivity index (χ2v) is 4.77. The van der Waals surface area contributed by atoms with Crippen LogP contribution in [0.15, 0.2) is 0 Å². The van der Waals surface area contributed by atoms with Crippen molar-refractivity contribution in [2.75, 3.05) is 44.3 Å². The smallest absolute Gasteiger partial charge is 0.232 e. The number of thioether (sulfide) groups is 1. The number of carbonyl (C=O) groups excluding carboxylic acids is 2. The van der Waals surface area contributed by atoms with Crippen molar-refractivity contribution in [3.8, 4) is 0 Å². The van der Waals surface area contributed by atoms with E-state index in [2.05, 4.69) is 0 Å². The molecule has 1 aliphatic heterocycles. The summed E-state index contributed by atoms with van der Waals surface area (Å²) in [4.78, 5) is 26.3. The van der Waals surface area contributed by atoms with Crippen LogP contribution in [-0.4, -0.2) is 71.0 Å². The monoisotopic (exact) mass is 246 g/mol. The number of nitrogens with zero attached hydrogens (tertiary/aromatic N) is 2. The topological polar surface area (TPSA) is 60.9 Å². The number of piperazine rings is 1. The molecule has 0 aromatic carbocycles. The van der Waals surface area contributed by atoms with Crippen LogP contribution in [0.1, 0.15) is 6.92 Å².